The normalized spacial score (nSPS) is 11.1. The average molecular weight is 229 g/mol. The minimum atomic E-state index is -1.47. The summed E-state index contributed by atoms with van der Waals surface area (Å²) >= 11 is 1.02. The molecule has 0 spiro atoms. The number of rotatable bonds is 3. The van der Waals surface area contributed by atoms with Crippen molar-refractivity contribution in [2.45, 2.75) is 20.8 Å². The first kappa shape index (κ1) is 11.6. The van der Waals surface area contributed by atoms with Crippen molar-refractivity contribution in [3.63, 3.8) is 0 Å². The van der Waals surface area contributed by atoms with Gasteiger partial charge in [-0.3, -0.25) is 14.9 Å². The molecule has 0 radical (unpaired) electrons. The quantitative estimate of drug-likeness (QED) is 0.751. The van der Waals surface area contributed by atoms with E-state index in [0.29, 0.717) is 11.0 Å². The molecule has 1 rings (SSSR count). The highest BCUT2D eigenvalue weighted by molar-refractivity contribution is 7.09. The first-order valence-corrected chi connectivity index (χ1v) is 4.96. The Bertz CT molecular complexity index is 400. The zero-order valence-corrected chi connectivity index (χ0v) is 9.38. The molecule has 1 heterocycles. The van der Waals surface area contributed by atoms with Gasteiger partial charge in [0.15, 0.2) is 0 Å². The van der Waals surface area contributed by atoms with Crippen LogP contribution in [0.5, 0.6) is 0 Å². The Kier molecular flexibility index (Phi) is 3.04. The molecule has 0 aliphatic rings. The third kappa shape index (κ3) is 2.50. The van der Waals surface area contributed by atoms with E-state index in [2.05, 4.69) is 14.7 Å². The maximum absolute atomic E-state index is 11.5. The lowest BCUT2D eigenvalue weighted by Crippen LogP contribution is -2.37. The summed E-state index contributed by atoms with van der Waals surface area (Å²) in [7, 11) is 0. The summed E-state index contributed by atoms with van der Waals surface area (Å²) in [6, 6.07) is 0. The molecular formula is C8H11N3O3S. The Morgan fingerprint density at radius 1 is 1.47 bits per heavy atom. The zero-order valence-electron chi connectivity index (χ0n) is 8.57. The maximum Gasteiger partial charge on any atom is 0.318 e. The van der Waals surface area contributed by atoms with Crippen molar-refractivity contribution < 1.29 is 14.7 Å². The van der Waals surface area contributed by atoms with Crippen molar-refractivity contribution in [1.82, 2.24) is 9.36 Å². The van der Waals surface area contributed by atoms with Crippen LogP contribution < -0.4 is 5.32 Å². The molecule has 82 valence electrons. The number of aryl methyl sites for hydroxylation is 1. The first-order valence-electron chi connectivity index (χ1n) is 4.19. The standard InChI is InChI=1S/C8H11N3O3S/c1-4-9-7(15-11-4)10-5(12)8(2,3)6(13)14/h1-3H3,(H,13,14)(H,9,10,11,12). The van der Waals surface area contributed by atoms with E-state index in [1.807, 2.05) is 0 Å². The number of carbonyl (C=O) groups is 2. The van der Waals surface area contributed by atoms with E-state index in [1.54, 1.807) is 6.92 Å². The third-order valence-electron chi connectivity index (χ3n) is 1.85. The fourth-order valence-corrected chi connectivity index (χ4v) is 1.27. The lowest BCUT2D eigenvalue weighted by Gasteiger charge is -2.16. The number of hydrogen-bond donors (Lipinski definition) is 2. The molecule has 0 saturated carbocycles. The summed E-state index contributed by atoms with van der Waals surface area (Å²) in [6.07, 6.45) is 0. The topological polar surface area (TPSA) is 92.2 Å². The molecule has 7 heteroatoms. The number of nitrogens with one attached hydrogen (secondary N) is 1. The largest absolute Gasteiger partial charge is 0.480 e. The number of anilines is 1. The Morgan fingerprint density at radius 3 is 2.47 bits per heavy atom. The Hall–Kier alpha value is -1.50. The van der Waals surface area contributed by atoms with Gasteiger partial charge in [0.25, 0.3) is 0 Å². The number of aliphatic carboxylic acids is 1. The summed E-state index contributed by atoms with van der Waals surface area (Å²) in [5.74, 6) is -1.24. The van der Waals surface area contributed by atoms with Crippen molar-refractivity contribution in [2.24, 2.45) is 5.41 Å². The number of nitrogens with zero attached hydrogens (tertiary/aromatic N) is 2. The number of amides is 1. The second-order valence-corrected chi connectivity index (χ2v) is 4.28. The van der Waals surface area contributed by atoms with E-state index in [4.69, 9.17) is 5.11 Å². The molecule has 0 saturated heterocycles. The van der Waals surface area contributed by atoms with Crippen molar-refractivity contribution in [3.8, 4) is 0 Å². The number of carbonyl (C=O) groups excluding carboxylic acids is 1. The predicted octanol–water partition coefficient (Wildman–Crippen LogP) is 0.896. The molecule has 0 atom stereocenters. The van der Waals surface area contributed by atoms with Crippen molar-refractivity contribution in [2.75, 3.05) is 5.32 Å². The van der Waals surface area contributed by atoms with Crippen LogP contribution in [-0.2, 0) is 9.59 Å². The zero-order chi connectivity index (χ0) is 11.6. The van der Waals surface area contributed by atoms with E-state index >= 15 is 0 Å². The molecule has 0 aromatic carbocycles. The molecule has 0 unspecified atom stereocenters. The Morgan fingerprint density at radius 2 is 2.07 bits per heavy atom. The van der Waals surface area contributed by atoms with Gasteiger partial charge in [0.2, 0.25) is 11.0 Å². The van der Waals surface area contributed by atoms with Gasteiger partial charge < -0.3 is 5.11 Å². The van der Waals surface area contributed by atoms with E-state index in [1.165, 1.54) is 13.8 Å². The molecule has 0 aliphatic heterocycles. The summed E-state index contributed by atoms with van der Waals surface area (Å²) in [5.41, 5.74) is -1.47. The molecule has 0 fully saturated rings. The van der Waals surface area contributed by atoms with Crippen LogP contribution in [0.15, 0.2) is 0 Å². The van der Waals surface area contributed by atoms with Gasteiger partial charge in [-0.15, -0.1) is 0 Å². The van der Waals surface area contributed by atoms with Gasteiger partial charge in [0, 0.05) is 11.5 Å². The Labute approximate surface area is 90.5 Å². The van der Waals surface area contributed by atoms with Crippen molar-refractivity contribution >= 4 is 28.5 Å². The van der Waals surface area contributed by atoms with E-state index in [-0.39, 0.29) is 0 Å². The molecular weight excluding hydrogens is 218 g/mol. The van der Waals surface area contributed by atoms with Crippen LogP contribution in [0.4, 0.5) is 5.13 Å². The Balaban J connectivity index is 2.76. The van der Waals surface area contributed by atoms with Gasteiger partial charge in [-0.1, -0.05) is 0 Å². The average Bonchev–Trinajstić information content (AvgIpc) is 2.50. The fraction of sp³-hybridized carbons (Fsp3) is 0.500. The smallest absolute Gasteiger partial charge is 0.318 e. The molecule has 0 bridgehead atoms. The van der Waals surface area contributed by atoms with E-state index in [9.17, 15) is 9.59 Å². The molecule has 1 aromatic rings. The summed E-state index contributed by atoms with van der Waals surface area (Å²) in [4.78, 5) is 26.2. The molecule has 2 N–H and O–H groups in total. The maximum atomic E-state index is 11.5. The summed E-state index contributed by atoms with van der Waals surface area (Å²) in [6.45, 7) is 4.35. The highest BCUT2D eigenvalue weighted by Gasteiger charge is 2.36. The second-order valence-electron chi connectivity index (χ2n) is 3.53. The van der Waals surface area contributed by atoms with Gasteiger partial charge in [-0.25, -0.2) is 4.98 Å². The van der Waals surface area contributed by atoms with Crippen LogP contribution in [0.3, 0.4) is 0 Å². The van der Waals surface area contributed by atoms with Gasteiger partial charge in [-0.2, -0.15) is 4.37 Å². The van der Waals surface area contributed by atoms with Gasteiger partial charge in [0.05, 0.1) is 0 Å². The number of carboxylic acids is 1. The lowest BCUT2D eigenvalue weighted by molar-refractivity contribution is -0.151. The molecule has 15 heavy (non-hydrogen) atoms. The predicted molar refractivity (Wildman–Crippen MR) is 54.7 cm³/mol. The first-order chi connectivity index (χ1) is 6.84. The lowest BCUT2D eigenvalue weighted by atomic mass is 9.93. The van der Waals surface area contributed by atoms with Crippen LogP contribution in [0, 0.1) is 12.3 Å². The van der Waals surface area contributed by atoms with Crippen LogP contribution in [0.1, 0.15) is 19.7 Å². The van der Waals surface area contributed by atoms with Crippen LogP contribution in [0.25, 0.3) is 0 Å². The summed E-state index contributed by atoms with van der Waals surface area (Å²) < 4.78 is 3.86. The van der Waals surface area contributed by atoms with Gasteiger partial charge in [-0.05, 0) is 20.8 Å². The fourth-order valence-electron chi connectivity index (χ4n) is 0.698. The SMILES string of the molecule is Cc1nsc(NC(=O)C(C)(C)C(=O)O)n1. The van der Waals surface area contributed by atoms with E-state index < -0.39 is 17.3 Å². The van der Waals surface area contributed by atoms with Crippen molar-refractivity contribution in [1.29, 1.82) is 0 Å². The van der Waals surface area contributed by atoms with Gasteiger partial charge in [0.1, 0.15) is 11.2 Å². The summed E-state index contributed by atoms with van der Waals surface area (Å²) in [5, 5.41) is 11.5. The van der Waals surface area contributed by atoms with Gasteiger partial charge >= 0.3 is 5.97 Å². The van der Waals surface area contributed by atoms with Crippen molar-refractivity contribution in [3.05, 3.63) is 5.82 Å². The van der Waals surface area contributed by atoms with E-state index in [0.717, 1.165) is 11.5 Å². The number of carboxylic acid groups (broad SMARTS) is 1. The number of aromatic nitrogens is 2. The number of hydrogen-bond acceptors (Lipinski definition) is 5. The minimum Gasteiger partial charge on any atom is -0.480 e. The highest BCUT2D eigenvalue weighted by Crippen LogP contribution is 2.19. The van der Waals surface area contributed by atoms with Crippen LogP contribution >= 0.6 is 11.5 Å². The third-order valence-corrected chi connectivity index (χ3v) is 2.57. The molecule has 1 amide bonds. The second kappa shape index (κ2) is 3.93. The minimum absolute atomic E-state index is 0.312. The highest BCUT2D eigenvalue weighted by atomic mass is 32.1. The monoisotopic (exact) mass is 229 g/mol. The molecule has 1 aromatic heterocycles. The van der Waals surface area contributed by atoms with Crippen LogP contribution in [-0.4, -0.2) is 26.3 Å². The molecule has 6 nitrogen and oxygen atoms in total. The molecule has 0 aliphatic carbocycles. The van der Waals surface area contributed by atoms with Crippen LogP contribution in [0.2, 0.25) is 0 Å².